The molecule has 128 valence electrons. The van der Waals surface area contributed by atoms with E-state index in [1.807, 2.05) is 49.4 Å². The summed E-state index contributed by atoms with van der Waals surface area (Å²) in [4.78, 5) is 12.1. The van der Waals surface area contributed by atoms with Gasteiger partial charge in [0.1, 0.15) is 11.5 Å². The maximum absolute atomic E-state index is 12.1. The van der Waals surface area contributed by atoms with Gasteiger partial charge in [-0.05, 0) is 48.3 Å². The van der Waals surface area contributed by atoms with Gasteiger partial charge in [-0.3, -0.25) is 0 Å². The Morgan fingerprint density at radius 1 is 1.04 bits per heavy atom. The van der Waals surface area contributed by atoms with Gasteiger partial charge in [-0.15, -0.1) is 0 Å². The summed E-state index contributed by atoms with van der Waals surface area (Å²) in [5, 5.41) is 0. The number of rotatable bonds is 5. The van der Waals surface area contributed by atoms with E-state index in [0.717, 1.165) is 16.9 Å². The van der Waals surface area contributed by atoms with Crippen LogP contribution in [0.5, 0.6) is 5.75 Å². The molecule has 1 aliphatic heterocycles. The first kappa shape index (κ1) is 17.0. The minimum Gasteiger partial charge on any atom is -0.494 e. The van der Waals surface area contributed by atoms with Crippen molar-refractivity contribution in [2.45, 2.75) is 26.7 Å². The van der Waals surface area contributed by atoms with Crippen LogP contribution in [0.25, 0.3) is 11.8 Å². The fourth-order valence-corrected chi connectivity index (χ4v) is 2.67. The number of cyclic esters (lactones) is 1. The van der Waals surface area contributed by atoms with E-state index < -0.39 is 0 Å². The molecule has 3 rings (SSSR count). The summed E-state index contributed by atoms with van der Waals surface area (Å²) in [5.74, 6) is 1.57. The molecule has 2 aromatic carbocycles. The van der Waals surface area contributed by atoms with Gasteiger partial charge in [-0.1, -0.05) is 50.2 Å². The lowest BCUT2D eigenvalue weighted by Crippen LogP contribution is -1.97. The molecular weight excluding hydrogens is 312 g/mol. The summed E-state index contributed by atoms with van der Waals surface area (Å²) in [5.41, 5.74) is 3.65. The molecule has 1 aliphatic rings. The van der Waals surface area contributed by atoms with Crippen molar-refractivity contribution in [3.63, 3.8) is 0 Å². The molecule has 3 nitrogen and oxygen atoms in total. The van der Waals surface area contributed by atoms with Crippen LogP contribution in [0, 0.1) is 0 Å². The first-order chi connectivity index (χ1) is 12.1. The van der Waals surface area contributed by atoms with Crippen molar-refractivity contribution in [2.75, 3.05) is 6.61 Å². The second kappa shape index (κ2) is 7.39. The van der Waals surface area contributed by atoms with Crippen LogP contribution in [0.2, 0.25) is 0 Å². The monoisotopic (exact) mass is 334 g/mol. The van der Waals surface area contributed by atoms with E-state index in [1.165, 1.54) is 5.56 Å². The lowest BCUT2D eigenvalue weighted by atomic mass is 10.0. The molecule has 0 unspecified atom stereocenters. The molecule has 3 heteroatoms. The van der Waals surface area contributed by atoms with Gasteiger partial charge in [0.15, 0.2) is 0 Å². The Labute approximate surface area is 148 Å². The van der Waals surface area contributed by atoms with Crippen LogP contribution in [-0.4, -0.2) is 12.6 Å². The molecule has 0 bridgehead atoms. The number of benzene rings is 2. The molecule has 0 atom stereocenters. The molecule has 0 radical (unpaired) electrons. The third-order valence-electron chi connectivity index (χ3n) is 4.10. The summed E-state index contributed by atoms with van der Waals surface area (Å²) in [6.07, 6.45) is 3.62. The van der Waals surface area contributed by atoms with Crippen LogP contribution in [-0.2, 0) is 9.53 Å². The molecule has 0 spiro atoms. The largest absolute Gasteiger partial charge is 0.494 e. The fourth-order valence-electron chi connectivity index (χ4n) is 2.67. The van der Waals surface area contributed by atoms with Crippen LogP contribution in [0.3, 0.4) is 0 Å². The van der Waals surface area contributed by atoms with E-state index in [0.29, 0.717) is 23.9 Å². The first-order valence-electron chi connectivity index (χ1n) is 8.55. The van der Waals surface area contributed by atoms with Crippen LogP contribution >= 0.6 is 0 Å². The molecule has 0 amide bonds. The third kappa shape index (κ3) is 4.00. The zero-order chi connectivity index (χ0) is 17.8. The van der Waals surface area contributed by atoms with Crippen molar-refractivity contribution in [3.8, 4) is 5.75 Å². The third-order valence-corrected chi connectivity index (χ3v) is 4.10. The lowest BCUT2D eigenvalue weighted by molar-refractivity contribution is -0.130. The highest BCUT2D eigenvalue weighted by Gasteiger charge is 2.22. The Morgan fingerprint density at radius 2 is 1.72 bits per heavy atom. The van der Waals surface area contributed by atoms with Crippen molar-refractivity contribution in [1.29, 1.82) is 0 Å². The van der Waals surface area contributed by atoms with Crippen LogP contribution in [0.4, 0.5) is 0 Å². The lowest BCUT2D eigenvalue weighted by Gasteiger charge is -2.06. The number of hydrogen-bond donors (Lipinski definition) is 0. The van der Waals surface area contributed by atoms with E-state index in [1.54, 1.807) is 6.08 Å². The number of carbonyl (C=O) groups is 1. The van der Waals surface area contributed by atoms with E-state index in [9.17, 15) is 4.79 Å². The summed E-state index contributed by atoms with van der Waals surface area (Å²) >= 11 is 0. The number of hydrogen-bond acceptors (Lipinski definition) is 3. The number of carbonyl (C=O) groups excluding carboxylic acids is 1. The van der Waals surface area contributed by atoms with E-state index in [2.05, 4.69) is 26.0 Å². The smallest absolute Gasteiger partial charge is 0.343 e. The minimum atomic E-state index is -0.322. The molecule has 0 saturated carbocycles. The highest BCUT2D eigenvalue weighted by Crippen LogP contribution is 2.28. The molecule has 0 aliphatic carbocycles. The Morgan fingerprint density at radius 3 is 2.32 bits per heavy atom. The molecule has 25 heavy (non-hydrogen) atoms. The molecule has 0 N–H and O–H groups in total. The Bertz CT molecular complexity index is 809. The predicted octanol–water partition coefficient (Wildman–Crippen LogP) is 5.19. The molecular formula is C22H22O3. The van der Waals surface area contributed by atoms with Crippen molar-refractivity contribution in [3.05, 3.63) is 76.9 Å². The zero-order valence-electron chi connectivity index (χ0n) is 14.8. The van der Waals surface area contributed by atoms with Gasteiger partial charge in [0.2, 0.25) is 0 Å². The van der Waals surface area contributed by atoms with Gasteiger partial charge in [0, 0.05) is 5.56 Å². The average Bonchev–Trinajstić information content (AvgIpc) is 2.98. The molecule has 2 aromatic rings. The first-order valence-corrected chi connectivity index (χ1v) is 8.55. The van der Waals surface area contributed by atoms with E-state index in [4.69, 9.17) is 9.47 Å². The maximum Gasteiger partial charge on any atom is 0.343 e. The van der Waals surface area contributed by atoms with E-state index >= 15 is 0 Å². The maximum atomic E-state index is 12.1. The summed E-state index contributed by atoms with van der Waals surface area (Å²) < 4.78 is 10.9. The molecule has 0 aromatic heterocycles. The topological polar surface area (TPSA) is 35.5 Å². The van der Waals surface area contributed by atoms with Gasteiger partial charge in [0.05, 0.1) is 12.2 Å². The fraction of sp³-hybridized carbons (Fsp3) is 0.227. The van der Waals surface area contributed by atoms with Gasteiger partial charge in [-0.25, -0.2) is 4.79 Å². The summed E-state index contributed by atoms with van der Waals surface area (Å²) in [6, 6.07) is 15.8. The van der Waals surface area contributed by atoms with Crippen molar-refractivity contribution in [2.24, 2.45) is 0 Å². The van der Waals surface area contributed by atoms with Gasteiger partial charge >= 0.3 is 5.97 Å². The van der Waals surface area contributed by atoms with Crippen molar-refractivity contribution < 1.29 is 14.3 Å². The molecule has 0 fully saturated rings. The second-order valence-electron chi connectivity index (χ2n) is 6.28. The Hall–Kier alpha value is -2.81. The number of esters is 1. The second-order valence-corrected chi connectivity index (χ2v) is 6.28. The van der Waals surface area contributed by atoms with Gasteiger partial charge in [-0.2, -0.15) is 0 Å². The zero-order valence-corrected chi connectivity index (χ0v) is 14.8. The van der Waals surface area contributed by atoms with Gasteiger partial charge < -0.3 is 9.47 Å². The summed E-state index contributed by atoms with van der Waals surface area (Å²) in [7, 11) is 0. The quantitative estimate of drug-likeness (QED) is 0.557. The van der Waals surface area contributed by atoms with Crippen LogP contribution in [0.15, 0.2) is 60.2 Å². The number of ether oxygens (including phenoxy) is 2. The Kier molecular flexibility index (Phi) is 5.03. The van der Waals surface area contributed by atoms with Crippen LogP contribution < -0.4 is 4.74 Å². The standard InChI is InChI=1S/C22H22O3/c1-4-24-20-11-5-16(6-12-20)13-19-14-21(25-22(19)23)18-9-7-17(8-10-18)15(2)3/h5-15H,4H2,1-3H3/b19-13-. The highest BCUT2D eigenvalue weighted by molar-refractivity contribution is 6.05. The molecule has 0 saturated heterocycles. The van der Waals surface area contributed by atoms with Crippen molar-refractivity contribution in [1.82, 2.24) is 0 Å². The minimum absolute atomic E-state index is 0.322. The Balaban J connectivity index is 1.81. The van der Waals surface area contributed by atoms with Crippen LogP contribution in [0.1, 0.15) is 43.4 Å². The predicted molar refractivity (Wildman–Crippen MR) is 100 cm³/mol. The average molecular weight is 334 g/mol. The van der Waals surface area contributed by atoms with E-state index in [-0.39, 0.29) is 5.97 Å². The summed E-state index contributed by atoms with van der Waals surface area (Å²) in [6.45, 7) is 6.89. The van der Waals surface area contributed by atoms with Gasteiger partial charge in [0.25, 0.3) is 0 Å². The van der Waals surface area contributed by atoms with Crippen molar-refractivity contribution >= 4 is 17.8 Å². The normalized spacial score (nSPS) is 15.4. The molecule has 1 heterocycles. The highest BCUT2D eigenvalue weighted by atomic mass is 16.5. The SMILES string of the molecule is CCOc1ccc(/C=C2/C=C(c3ccc(C(C)C)cc3)OC2=O)cc1.